The molecule has 1 aromatic carbocycles. The fourth-order valence-corrected chi connectivity index (χ4v) is 2.92. The number of piperazine rings is 1. The van der Waals surface area contributed by atoms with Crippen molar-refractivity contribution in [2.45, 2.75) is 13.0 Å². The summed E-state index contributed by atoms with van der Waals surface area (Å²) in [5, 5.41) is 6.81. The van der Waals surface area contributed by atoms with Crippen LogP contribution in [0.3, 0.4) is 0 Å². The van der Waals surface area contributed by atoms with Crippen LogP contribution in [-0.2, 0) is 0 Å². The third-order valence-electron chi connectivity index (χ3n) is 3.39. The van der Waals surface area contributed by atoms with Crippen LogP contribution in [0, 0.1) is 0 Å². The van der Waals surface area contributed by atoms with Crippen molar-refractivity contribution in [3.8, 4) is 5.75 Å². The number of rotatable bonds is 1. The molecule has 2 N–H and O–H groups in total. The quantitative estimate of drug-likeness (QED) is 0.832. The molecule has 0 aromatic heterocycles. The van der Waals surface area contributed by atoms with E-state index in [1.807, 2.05) is 0 Å². The third kappa shape index (κ3) is 2.29. The third-order valence-corrected chi connectivity index (χ3v) is 3.85. The summed E-state index contributed by atoms with van der Waals surface area (Å²) in [7, 11) is 0. The van der Waals surface area contributed by atoms with Crippen molar-refractivity contribution < 1.29 is 4.74 Å². The number of nitrogens with one attached hydrogen (secondary N) is 2. The second kappa shape index (κ2) is 4.97. The number of hydrogen-bond donors (Lipinski definition) is 2. The van der Waals surface area contributed by atoms with Crippen LogP contribution in [0.4, 0.5) is 11.4 Å². The summed E-state index contributed by atoms with van der Waals surface area (Å²) in [6.07, 6.45) is 0.223. The van der Waals surface area contributed by atoms with Crippen LogP contribution in [0.2, 0.25) is 0 Å². The minimum absolute atomic E-state index is 0.223. The van der Waals surface area contributed by atoms with Gasteiger partial charge in [-0.05, 0) is 19.1 Å². The Hall–Kier alpha value is -0.940. The van der Waals surface area contributed by atoms with Crippen molar-refractivity contribution in [2.24, 2.45) is 0 Å². The van der Waals surface area contributed by atoms with Crippen molar-refractivity contribution >= 4 is 27.3 Å². The molecule has 0 spiro atoms. The molecule has 2 aliphatic heterocycles. The first-order valence-corrected chi connectivity index (χ1v) is 7.23. The van der Waals surface area contributed by atoms with Gasteiger partial charge in [0.1, 0.15) is 6.10 Å². The van der Waals surface area contributed by atoms with E-state index in [0.717, 1.165) is 48.6 Å². The highest BCUT2D eigenvalue weighted by atomic mass is 79.9. The molecule has 0 bridgehead atoms. The van der Waals surface area contributed by atoms with Crippen LogP contribution in [-0.4, -0.2) is 38.8 Å². The van der Waals surface area contributed by atoms with Gasteiger partial charge in [-0.15, -0.1) is 0 Å². The second-order valence-corrected chi connectivity index (χ2v) is 5.76. The van der Waals surface area contributed by atoms with Gasteiger partial charge in [0.05, 0.1) is 17.9 Å². The van der Waals surface area contributed by atoms with Crippen molar-refractivity contribution in [1.29, 1.82) is 0 Å². The molecule has 1 unspecified atom stereocenters. The fourth-order valence-electron chi connectivity index (χ4n) is 2.47. The minimum atomic E-state index is 0.223. The number of hydrogen-bond acceptors (Lipinski definition) is 4. The highest BCUT2D eigenvalue weighted by Gasteiger charge is 2.23. The number of benzene rings is 1. The summed E-state index contributed by atoms with van der Waals surface area (Å²) in [4.78, 5) is 2.39. The number of anilines is 2. The fraction of sp³-hybridized carbons (Fsp3) is 0.538. The first-order valence-electron chi connectivity index (χ1n) is 6.44. The van der Waals surface area contributed by atoms with Gasteiger partial charge >= 0.3 is 0 Å². The minimum Gasteiger partial charge on any atom is -0.485 e. The molecule has 0 amide bonds. The molecule has 3 rings (SSSR count). The molecular weight excluding hydrogens is 294 g/mol. The molecule has 1 aromatic rings. The lowest BCUT2D eigenvalue weighted by molar-refractivity contribution is 0.226. The zero-order chi connectivity index (χ0) is 12.5. The first kappa shape index (κ1) is 12.1. The van der Waals surface area contributed by atoms with Gasteiger partial charge < -0.3 is 20.3 Å². The van der Waals surface area contributed by atoms with E-state index in [2.05, 4.69) is 50.5 Å². The van der Waals surface area contributed by atoms with E-state index in [1.54, 1.807) is 0 Å². The molecule has 0 saturated carbocycles. The van der Waals surface area contributed by atoms with Crippen molar-refractivity contribution in [1.82, 2.24) is 5.32 Å². The van der Waals surface area contributed by atoms with Gasteiger partial charge in [-0.2, -0.15) is 0 Å². The van der Waals surface area contributed by atoms with E-state index in [9.17, 15) is 0 Å². The lowest BCUT2D eigenvalue weighted by Crippen LogP contribution is -2.44. The molecule has 0 radical (unpaired) electrons. The molecule has 1 fully saturated rings. The maximum atomic E-state index is 6.03. The molecule has 1 saturated heterocycles. The second-order valence-electron chi connectivity index (χ2n) is 4.85. The lowest BCUT2D eigenvalue weighted by Gasteiger charge is -2.34. The summed E-state index contributed by atoms with van der Waals surface area (Å²) >= 11 is 3.59. The van der Waals surface area contributed by atoms with E-state index >= 15 is 0 Å². The molecule has 5 heteroatoms. The van der Waals surface area contributed by atoms with Crippen LogP contribution in [0.15, 0.2) is 16.6 Å². The summed E-state index contributed by atoms with van der Waals surface area (Å²) in [6.45, 7) is 7.08. The highest BCUT2D eigenvalue weighted by Crippen LogP contribution is 2.41. The molecule has 4 nitrogen and oxygen atoms in total. The average molecular weight is 312 g/mol. The van der Waals surface area contributed by atoms with E-state index in [0.29, 0.717) is 0 Å². The summed E-state index contributed by atoms with van der Waals surface area (Å²) in [6, 6.07) is 4.25. The monoisotopic (exact) mass is 311 g/mol. The number of fused-ring (bicyclic) bond motifs is 1. The van der Waals surface area contributed by atoms with Crippen molar-refractivity contribution in [3.63, 3.8) is 0 Å². The number of halogens is 1. The standard InChI is InChI=1S/C13H18BrN3O/c1-9-8-16-11-6-10(14)7-12(13(11)18-9)17-4-2-15-3-5-17/h6-7,9,15-16H,2-5,8H2,1H3. The average Bonchev–Trinajstić information content (AvgIpc) is 2.39. The Bertz CT molecular complexity index is 446. The highest BCUT2D eigenvalue weighted by molar-refractivity contribution is 9.10. The van der Waals surface area contributed by atoms with E-state index in [4.69, 9.17) is 4.74 Å². The Kier molecular flexibility index (Phi) is 3.35. The van der Waals surface area contributed by atoms with Crippen LogP contribution in [0.5, 0.6) is 5.75 Å². The maximum Gasteiger partial charge on any atom is 0.166 e. The van der Waals surface area contributed by atoms with E-state index in [1.165, 1.54) is 5.69 Å². The zero-order valence-corrected chi connectivity index (χ0v) is 12.1. The predicted octanol–water partition coefficient (Wildman–Crippen LogP) is 2.05. The molecule has 1 atom stereocenters. The molecule has 2 aliphatic rings. The SMILES string of the molecule is CC1CNc2cc(Br)cc(N3CCNCC3)c2O1. The van der Waals surface area contributed by atoms with Gasteiger partial charge in [0, 0.05) is 30.7 Å². The zero-order valence-electron chi connectivity index (χ0n) is 10.5. The topological polar surface area (TPSA) is 36.5 Å². The molecule has 0 aliphatic carbocycles. The number of nitrogens with zero attached hydrogens (tertiary/aromatic N) is 1. The van der Waals surface area contributed by atoms with Gasteiger partial charge in [-0.25, -0.2) is 0 Å². The Balaban J connectivity index is 1.99. The van der Waals surface area contributed by atoms with Gasteiger partial charge in [-0.3, -0.25) is 0 Å². The summed E-state index contributed by atoms with van der Waals surface area (Å²) in [5.74, 6) is 0.999. The Labute approximate surface area is 116 Å². The predicted molar refractivity (Wildman–Crippen MR) is 77.8 cm³/mol. The van der Waals surface area contributed by atoms with Gasteiger partial charge in [0.25, 0.3) is 0 Å². The van der Waals surface area contributed by atoms with Crippen molar-refractivity contribution in [2.75, 3.05) is 42.9 Å². The smallest absolute Gasteiger partial charge is 0.166 e. The molecular formula is C13H18BrN3O. The van der Waals surface area contributed by atoms with Gasteiger partial charge in [0.2, 0.25) is 0 Å². The summed E-state index contributed by atoms with van der Waals surface area (Å²) < 4.78 is 7.12. The van der Waals surface area contributed by atoms with Gasteiger partial charge in [0.15, 0.2) is 5.75 Å². The largest absolute Gasteiger partial charge is 0.485 e. The number of ether oxygens (including phenoxy) is 1. The lowest BCUT2D eigenvalue weighted by atomic mass is 10.1. The van der Waals surface area contributed by atoms with Crippen LogP contribution < -0.4 is 20.3 Å². The molecule has 98 valence electrons. The Morgan fingerprint density at radius 3 is 2.89 bits per heavy atom. The van der Waals surface area contributed by atoms with Crippen LogP contribution in [0.1, 0.15) is 6.92 Å². The van der Waals surface area contributed by atoms with Crippen molar-refractivity contribution in [3.05, 3.63) is 16.6 Å². The first-order chi connectivity index (χ1) is 8.74. The van der Waals surface area contributed by atoms with Gasteiger partial charge in [-0.1, -0.05) is 15.9 Å². The molecule has 2 heterocycles. The molecule has 18 heavy (non-hydrogen) atoms. The summed E-state index contributed by atoms with van der Waals surface area (Å²) in [5.41, 5.74) is 2.29. The Morgan fingerprint density at radius 2 is 2.11 bits per heavy atom. The van der Waals surface area contributed by atoms with E-state index < -0.39 is 0 Å². The van der Waals surface area contributed by atoms with E-state index in [-0.39, 0.29) is 6.10 Å². The van der Waals surface area contributed by atoms with Crippen LogP contribution >= 0.6 is 15.9 Å². The Morgan fingerprint density at radius 1 is 1.33 bits per heavy atom. The normalized spacial score (nSPS) is 23.0. The van der Waals surface area contributed by atoms with Crippen LogP contribution in [0.25, 0.3) is 0 Å². The maximum absolute atomic E-state index is 6.03.